The summed E-state index contributed by atoms with van der Waals surface area (Å²) in [6.07, 6.45) is 3.05. The average molecular weight is 257 g/mol. The normalized spacial score (nSPS) is 10.0. The molecule has 1 heterocycles. The molecule has 6 nitrogen and oxygen atoms in total. The molecule has 0 bridgehead atoms. The van der Waals surface area contributed by atoms with Crippen LogP contribution in [0.1, 0.15) is 5.69 Å². The second-order valence-corrected chi connectivity index (χ2v) is 3.90. The first-order chi connectivity index (χ1) is 9.13. The van der Waals surface area contributed by atoms with E-state index in [1.54, 1.807) is 13.3 Å². The Morgan fingerprint density at radius 1 is 1.26 bits per heavy atom. The number of ether oxygens (including phenoxy) is 1. The molecule has 0 atom stereocenters. The van der Waals surface area contributed by atoms with E-state index >= 15 is 0 Å². The highest BCUT2D eigenvalue weighted by Crippen LogP contribution is 2.30. The Morgan fingerprint density at radius 3 is 2.58 bits per heavy atom. The summed E-state index contributed by atoms with van der Waals surface area (Å²) in [5.74, 6) is 1.30. The van der Waals surface area contributed by atoms with Gasteiger partial charge >= 0.3 is 0 Å². The van der Waals surface area contributed by atoms with Gasteiger partial charge in [-0.1, -0.05) is 12.1 Å². The number of hydrogen-bond acceptors (Lipinski definition) is 5. The summed E-state index contributed by atoms with van der Waals surface area (Å²) in [4.78, 5) is 10.2. The number of hydrogen-bond donors (Lipinski definition) is 2. The summed E-state index contributed by atoms with van der Waals surface area (Å²) in [5.41, 5.74) is 6.59. The minimum absolute atomic E-state index is 0.0982. The molecule has 0 radical (unpaired) electrons. The number of para-hydroxylation sites is 2. The van der Waals surface area contributed by atoms with Crippen molar-refractivity contribution in [2.24, 2.45) is 5.73 Å². The Bertz CT molecular complexity index is 582. The summed E-state index contributed by atoms with van der Waals surface area (Å²) < 4.78 is 5.31. The number of benzene rings is 1. The van der Waals surface area contributed by atoms with Gasteiger partial charge in [-0.05, 0) is 12.1 Å². The summed E-state index contributed by atoms with van der Waals surface area (Å²) in [6, 6.07) is 7.63. The van der Waals surface area contributed by atoms with E-state index in [-0.39, 0.29) is 5.84 Å². The number of amidine groups is 1. The maximum atomic E-state index is 7.28. The third-order valence-corrected chi connectivity index (χ3v) is 2.70. The smallest absolute Gasteiger partial charge is 0.151 e. The van der Waals surface area contributed by atoms with Gasteiger partial charge in [-0.2, -0.15) is 0 Å². The second kappa shape index (κ2) is 5.34. The van der Waals surface area contributed by atoms with Crippen LogP contribution < -0.4 is 15.4 Å². The molecule has 0 aliphatic rings. The largest absolute Gasteiger partial charge is 0.495 e. The standard InChI is InChI=1S/C13H15N5O/c1-18(10-5-3-4-6-11(10)19-2)12-8-16-9(7-17-12)13(14)15/h3-8H,1-2H3,(H3,14,15). The van der Waals surface area contributed by atoms with Crippen LogP contribution >= 0.6 is 0 Å². The highest BCUT2D eigenvalue weighted by atomic mass is 16.5. The molecule has 0 amide bonds. The van der Waals surface area contributed by atoms with Gasteiger partial charge in [0.2, 0.25) is 0 Å². The van der Waals surface area contributed by atoms with Crippen LogP contribution in [0.4, 0.5) is 11.5 Å². The first-order valence-corrected chi connectivity index (χ1v) is 5.66. The number of aromatic nitrogens is 2. The first-order valence-electron chi connectivity index (χ1n) is 5.66. The van der Waals surface area contributed by atoms with E-state index in [2.05, 4.69) is 9.97 Å². The lowest BCUT2D eigenvalue weighted by molar-refractivity contribution is 0.415. The molecular formula is C13H15N5O. The summed E-state index contributed by atoms with van der Waals surface area (Å²) >= 11 is 0. The summed E-state index contributed by atoms with van der Waals surface area (Å²) in [7, 11) is 3.49. The molecular weight excluding hydrogens is 242 g/mol. The zero-order valence-electron chi connectivity index (χ0n) is 10.8. The number of nitrogens with one attached hydrogen (secondary N) is 1. The van der Waals surface area contributed by atoms with Gasteiger partial charge in [0, 0.05) is 7.05 Å². The van der Waals surface area contributed by atoms with Crippen molar-refractivity contribution in [1.82, 2.24) is 9.97 Å². The fourth-order valence-electron chi connectivity index (χ4n) is 1.66. The molecule has 0 fully saturated rings. The van der Waals surface area contributed by atoms with Gasteiger partial charge in [0.25, 0.3) is 0 Å². The lowest BCUT2D eigenvalue weighted by Gasteiger charge is -2.20. The van der Waals surface area contributed by atoms with E-state index in [1.165, 1.54) is 6.20 Å². The van der Waals surface area contributed by atoms with Crippen LogP contribution in [0.15, 0.2) is 36.7 Å². The maximum Gasteiger partial charge on any atom is 0.151 e. The van der Waals surface area contributed by atoms with Gasteiger partial charge in [-0.25, -0.2) is 9.97 Å². The van der Waals surface area contributed by atoms with Crippen LogP contribution in [0.2, 0.25) is 0 Å². The van der Waals surface area contributed by atoms with E-state index in [0.717, 1.165) is 11.4 Å². The molecule has 1 aromatic heterocycles. The fourth-order valence-corrected chi connectivity index (χ4v) is 1.66. The molecule has 0 saturated carbocycles. The van der Waals surface area contributed by atoms with Crippen molar-refractivity contribution in [1.29, 1.82) is 5.41 Å². The van der Waals surface area contributed by atoms with Crippen molar-refractivity contribution in [3.8, 4) is 5.75 Å². The Morgan fingerprint density at radius 2 is 2.00 bits per heavy atom. The Balaban J connectivity index is 2.33. The van der Waals surface area contributed by atoms with Crippen molar-refractivity contribution in [2.45, 2.75) is 0 Å². The third kappa shape index (κ3) is 2.62. The highest BCUT2D eigenvalue weighted by molar-refractivity contribution is 5.92. The summed E-state index contributed by atoms with van der Waals surface area (Å²) in [5, 5.41) is 7.28. The average Bonchev–Trinajstić information content (AvgIpc) is 2.46. The number of anilines is 2. The van der Waals surface area contributed by atoms with Gasteiger partial charge in [0.15, 0.2) is 5.82 Å². The zero-order chi connectivity index (χ0) is 13.8. The lowest BCUT2D eigenvalue weighted by atomic mass is 10.2. The maximum absolute atomic E-state index is 7.28. The quantitative estimate of drug-likeness (QED) is 0.640. The fraction of sp³-hybridized carbons (Fsp3) is 0.154. The molecule has 2 aromatic rings. The molecule has 6 heteroatoms. The molecule has 0 aliphatic carbocycles. The first kappa shape index (κ1) is 12.8. The van der Waals surface area contributed by atoms with Gasteiger partial charge in [0.05, 0.1) is 25.2 Å². The van der Waals surface area contributed by atoms with Crippen LogP contribution in [0.25, 0.3) is 0 Å². The third-order valence-electron chi connectivity index (χ3n) is 2.70. The lowest BCUT2D eigenvalue weighted by Crippen LogP contribution is -2.16. The predicted molar refractivity (Wildman–Crippen MR) is 74.1 cm³/mol. The molecule has 0 spiro atoms. The molecule has 19 heavy (non-hydrogen) atoms. The van der Waals surface area contributed by atoms with Crippen molar-refractivity contribution in [3.05, 3.63) is 42.4 Å². The van der Waals surface area contributed by atoms with Gasteiger partial charge in [-0.3, -0.25) is 5.41 Å². The molecule has 0 saturated heterocycles. The number of nitrogens with two attached hydrogens (primary N) is 1. The number of methoxy groups -OCH3 is 1. The van der Waals surface area contributed by atoms with Crippen molar-refractivity contribution < 1.29 is 4.74 Å². The van der Waals surface area contributed by atoms with Crippen molar-refractivity contribution in [3.63, 3.8) is 0 Å². The van der Waals surface area contributed by atoms with Crippen molar-refractivity contribution >= 4 is 17.3 Å². The molecule has 0 unspecified atom stereocenters. The monoisotopic (exact) mass is 257 g/mol. The molecule has 0 aliphatic heterocycles. The molecule has 1 aromatic carbocycles. The molecule has 3 N–H and O–H groups in total. The number of rotatable bonds is 4. The van der Waals surface area contributed by atoms with E-state index in [4.69, 9.17) is 15.9 Å². The van der Waals surface area contributed by atoms with Crippen LogP contribution in [0.3, 0.4) is 0 Å². The van der Waals surface area contributed by atoms with Crippen LogP contribution in [-0.4, -0.2) is 30.0 Å². The minimum Gasteiger partial charge on any atom is -0.495 e. The topological polar surface area (TPSA) is 88.1 Å². The number of nitrogens with zero attached hydrogens (tertiary/aromatic N) is 3. The van der Waals surface area contributed by atoms with E-state index < -0.39 is 0 Å². The van der Waals surface area contributed by atoms with Crippen molar-refractivity contribution in [2.75, 3.05) is 19.1 Å². The van der Waals surface area contributed by atoms with Crippen LogP contribution in [-0.2, 0) is 0 Å². The van der Waals surface area contributed by atoms with Crippen LogP contribution in [0.5, 0.6) is 5.75 Å². The Hall–Kier alpha value is -2.63. The van der Waals surface area contributed by atoms with Crippen LogP contribution in [0, 0.1) is 5.41 Å². The van der Waals surface area contributed by atoms with E-state index in [9.17, 15) is 0 Å². The number of nitrogen functional groups attached to an aromatic ring is 1. The van der Waals surface area contributed by atoms with E-state index in [1.807, 2.05) is 36.2 Å². The predicted octanol–water partition coefficient (Wildman–Crippen LogP) is 1.54. The summed E-state index contributed by atoms with van der Waals surface area (Å²) in [6.45, 7) is 0. The van der Waals surface area contributed by atoms with Gasteiger partial charge in [-0.15, -0.1) is 0 Å². The molecule has 2 rings (SSSR count). The van der Waals surface area contributed by atoms with Gasteiger partial charge < -0.3 is 15.4 Å². The van der Waals surface area contributed by atoms with Gasteiger partial charge in [0.1, 0.15) is 17.3 Å². The molecule has 98 valence electrons. The minimum atomic E-state index is -0.0982. The highest BCUT2D eigenvalue weighted by Gasteiger charge is 2.11. The Kier molecular flexibility index (Phi) is 3.61. The van der Waals surface area contributed by atoms with E-state index in [0.29, 0.717) is 11.5 Å². The Labute approximate surface area is 111 Å². The second-order valence-electron chi connectivity index (χ2n) is 3.90. The SMILES string of the molecule is COc1ccccc1N(C)c1cnc(C(=N)N)cn1. The zero-order valence-corrected chi connectivity index (χ0v) is 10.8.